The van der Waals surface area contributed by atoms with Crippen LogP contribution in [0.4, 0.5) is 5.69 Å². The number of benzene rings is 1. The van der Waals surface area contributed by atoms with Gasteiger partial charge in [-0.15, -0.1) is 0 Å². The van der Waals surface area contributed by atoms with Crippen molar-refractivity contribution in [2.75, 3.05) is 0 Å². The molecule has 0 saturated carbocycles. The first kappa shape index (κ1) is 12.7. The van der Waals surface area contributed by atoms with E-state index in [-0.39, 0.29) is 0 Å². The first-order chi connectivity index (χ1) is 7.07. The molecule has 0 fully saturated rings. The highest BCUT2D eigenvalue weighted by Gasteiger charge is 2.12. The molecule has 0 N–H and O–H groups in total. The average Bonchev–Trinajstić information content (AvgIpc) is 2.17. The van der Waals surface area contributed by atoms with E-state index in [1.807, 2.05) is 0 Å². The van der Waals surface area contributed by atoms with Crippen molar-refractivity contribution < 1.29 is 0 Å². The number of nitrogens with zero attached hydrogens (tertiary/aromatic N) is 1. The molecule has 0 radical (unpaired) electrons. The monoisotopic (exact) mass is 241 g/mol. The van der Waals surface area contributed by atoms with Crippen LogP contribution in [0.15, 0.2) is 22.9 Å². The van der Waals surface area contributed by atoms with Crippen LogP contribution in [-0.2, 0) is 0 Å². The van der Waals surface area contributed by atoms with E-state index in [2.05, 4.69) is 50.6 Å². The Morgan fingerprint density at radius 2 is 1.53 bits per heavy atom. The average molecular weight is 242 g/mol. The van der Waals surface area contributed by atoms with Crippen molar-refractivity contribution >= 4 is 24.7 Å². The number of hydrogen-bond donors (Lipinski definition) is 0. The zero-order valence-electron chi connectivity index (χ0n) is 9.66. The Morgan fingerprint density at radius 1 is 1.07 bits per heavy atom. The number of hydrogen-bond acceptors (Lipinski definition) is 1. The van der Waals surface area contributed by atoms with Crippen LogP contribution in [0.3, 0.4) is 0 Å². The van der Waals surface area contributed by atoms with Gasteiger partial charge in [0.15, 0.2) is 0 Å². The lowest BCUT2D eigenvalue weighted by atomic mass is 9.93. The molecule has 0 unspecified atom stereocenters. The van der Waals surface area contributed by atoms with E-state index in [4.69, 9.17) is 11.2 Å². The summed E-state index contributed by atoms with van der Waals surface area (Å²) in [5.41, 5.74) is 3.66. The Kier molecular flexibility index (Phi) is 4.76. The maximum Gasteiger partial charge on any atom is 0.119 e. The first-order valence-corrected chi connectivity index (χ1v) is 6.98. The quantitative estimate of drug-likeness (QED) is 0.589. The smallest absolute Gasteiger partial charge is 0.119 e. The molecule has 0 aliphatic heterocycles. The van der Waals surface area contributed by atoms with Crippen LogP contribution in [0.5, 0.6) is 0 Å². The van der Waals surface area contributed by atoms with Crippen LogP contribution < -0.4 is 0 Å². The van der Waals surface area contributed by atoms with E-state index in [0.717, 1.165) is 5.69 Å². The van der Waals surface area contributed by atoms with Crippen LogP contribution >= 0.6 is 19.0 Å². The SMILES string of the molecule is CC(C)c1cccc(C(C)C)c1N=PCl. The predicted molar refractivity (Wildman–Crippen MR) is 69.5 cm³/mol. The van der Waals surface area contributed by atoms with Gasteiger partial charge in [0, 0.05) is 0 Å². The van der Waals surface area contributed by atoms with Crippen molar-refractivity contribution in [3.63, 3.8) is 0 Å². The van der Waals surface area contributed by atoms with Gasteiger partial charge in [0.25, 0.3) is 0 Å². The van der Waals surface area contributed by atoms with Crippen molar-refractivity contribution in [1.29, 1.82) is 0 Å². The van der Waals surface area contributed by atoms with E-state index in [1.54, 1.807) is 0 Å². The molecule has 1 nitrogen and oxygen atoms in total. The second kappa shape index (κ2) is 5.63. The molecule has 0 aliphatic carbocycles. The second-order valence-corrected chi connectivity index (χ2v) is 5.07. The van der Waals surface area contributed by atoms with Crippen molar-refractivity contribution in [3.05, 3.63) is 29.3 Å². The van der Waals surface area contributed by atoms with Gasteiger partial charge in [0.1, 0.15) is 7.73 Å². The topological polar surface area (TPSA) is 12.4 Å². The summed E-state index contributed by atoms with van der Waals surface area (Å²) in [7, 11) is 0.563. The maximum atomic E-state index is 5.69. The lowest BCUT2D eigenvalue weighted by Crippen LogP contribution is -1.94. The maximum absolute atomic E-state index is 5.69. The summed E-state index contributed by atoms with van der Waals surface area (Å²) in [5, 5.41) is 0. The Morgan fingerprint density at radius 3 is 1.87 bits per heavy atom. The van der Waals surface area contributed by atoms with Crippen LogP contribution in [0, 0.1) is 0 Å². The fraction of sp³-hybridized carbons (Fsp3) is 0.500. The highest BCUT2D eigenvalue weighted by molar-refractivity contribution is 7.60. The van der Waals surface area contributed by atoms with Gasteiger partial charge >= 0.3 is 0 Å². The van der Waals surface area contributed by atoms with Gasteiger partial charge in [-0.3, -0.25) is 0 Å². The second-order valence-electron chi connectivity index (χ2n) is 4.27. The van der Waals surface area contributed by atoms with Gasteiger partial charge in [0.2, 0.25) is 0 Å². The van der Waals surface area contributed by atoms with Crippen molar-refractivity contribution in [1.82, 2.24) is 0 Å². The lowest BCUT2D eigenvalue weighted by Gasteiger charge is -2.15. The van der Waals surface area contributed by atoms with Gasteiger partial charge in [-0.1, -0.05) is 45.9 Å². The molecule has 0 saturated heterocycles. The van der Waals surface area contributed by atoms with E-state index >= 15 is 0 Å². The fourth-order valence-corrected chi connectivity index (χ4v) is 2.20. The molecule has 0 aromatic heterocycles. The van der Waals surface area contributed by atoms with Crippen molar-refractivity contribution in [2.24, 2.45) is 4.74 Å². The minimum absolute atomic E-state index is 0.487. The third-order valence-electron chi connectivity index (χ3n) is 2.48. The molecule has 0 spiro atoms. The zero-order chi connectivity index (χ0) is 11.4. The Hall–Kier alpha value is -0.390. The molecular formula is C12H17ClNP. The van der Waals surface area contributed by atoms with E-state index in [9.17, 15) is 0 Å². The van der Waals surface area contributed by atoms with Crippen LogP contribution in [-0.4, -0.2) is 0 Å². The molecule has 0 amide bonds. The first-order valence-electron chi connectivity index (χ1n) is 5.22. The third-order valence-corrected chi connectivity index (χ3v) is 2.98. The number of halogens is 1. The summed E-state index contributed by atoms with van der Waals surface area (Å²) in [6.45, 7) is 8.74. The van der Waals surface area contributed by atoms with Gasteiger partial charge in [-0.2, -0.15) is 0 Å². The normalized spacial score (nSPS) is 11.9. The Bertz CT molecular complexity index is 332. The van der Waals surface area contributed by atoms with E-state index < -0.39 is 0 Å². The number of rotatable bonds is 3. The van der Waals surface area contributed by atoms with E-state index in [1.165, 1.54) is 11.1 Å². The van der Waals surface area contributed by atoms with E-state index in [0.29, 0.717) is 19.6 Å². The molecule has 0 aliphatic rings. The Labute approximate surface area is 98.5 Å². The standard InChI is InChI=1S/C12H17ClNP/c1-8(2)10-6-5-7-11(9(3)4)12(10)14-15-13/h5-9H,1-4H3. The minimum atomic E-state index is 0.487. The van der Waals surface area contributed by atoms with Crippen LogP contribution in [0.2, 0.25) is 0 Å². The summed E-state index contributed by atoms with van der Waals surface area (Å²) in [6.07, 6.45) is 0. The molecule has 0 atom stereocenters. The molecule has 1 aromatic rings. The minimum Gasteiger partial charge on any atom is -0.215 e. The molecule has 1 rings (SSSR count). The van der Waals surface area contributed by atoms with Gasteiger partial charge < -0.3 is 0 Å². The molecular weight excluding hydrogens is 225 g/mol. The van der Waals surface area contributed by atoms with Crippen molar-refractivity contribution in [2.45, 2.75) is 39.5 Å². The van der Waals surface area contributed by atoms with Crippen LogP contribution in [0.1, 0.15) is 50.7 Å². The lowest BCUT2D eigenvalue weighted by molar-refractivity contribution is 0.835. The predicted octanol–water partition coefficient (Wildman–Crippen LogP) is 5.85. The molecule has 3 heteroatoms. The largest absolute Gasteiger partial charge is 0.215 e. The van der Waals surface area contributed by atoms with Gasteiger partial charge in [-0.25, -0.2) is 4.74 Å². The van der Waals surface area contributed by atoms with Crippen LogP contribution in [0.25, 0.3) is 0 Å². The summed E-state index contributed by atoms with van der Waals surface area (Å²) >= 11 is 5.69. The summed E-state index contributed by atoms with van der Waals surface area (Å²) in [6, 6.07) is 6.38. The molecule has 1 aromatic carbocycles. The highest BCUT2D eigenvalue weighted by Crippen LogP contribution is 2.36. The fourth-order valence-electron chi connectivity index (χ4n) is 1.67. The Balaban J connectivity index is 3.34. The third kappa shape index (κ3) is 3.03. The van der Waals surface area contributed by atoms with Gasteiger partial charge in [-0.05, 0) is 34.2 Å². The molecule has 15 heavy (non-hydrogen) atoms. The zero-order valence-corrected chi connectivity index (χ0v) is 11.3. The highest BCUT2D eigenvalue weighted by atomic mass is 35.7. The molecule has 0 bridgehead atoms. The summed E-state index contributed by atoms with van der Waals surface area (Å²) in [5.74, 6) is 0.974. The van der Waals surface area contributed by atoms with Gasteiger partial charge in [0.05, 0.1) is 5.69 Å². The summed E-state index contributed by atoms with van der Waals surface area (Å²) in [4.78, 5) is 0. The molecule has 0 heterocycles. The van der Waals surface area contributed by atoms with Crippen molar-refractivity contribution in [3.8, 4) is 0 Å². The summed E-state index contributed by atoms with van der Waals surface area (Å²) < 4.78 is 4.39. The molecule has 82 valence electrons.